The quantitative estimate of drug-likeness (QED) is 0.641. The summed E-state index contributed by atoms with van der Waals surface area (Å²) in [4.78, 5) is 15.1. The number of nitrogens with one attached hydrogen (secondary N) is 1. The van der Waals surface area contributed by atoms with Crippen LogP contribution in [-0.2, 0) is 21.4 Å². The number of nitrogens with zero attached hydrogens (tertiary/aromatic N) is 3. The van der Waals surface area contributed by atoms with E-state index in [9.17, 15) is 18.5 Å². The fourth-order valence-electron chi connectivity index (χ4n) is 3.75. The van der Waals surface area contributed by atoms with Crippen molar-refractivity contribution in [2.24, 2.45) is 0 Å². The number of aryl methyl sites for hydroxylation is 2. The maximum absolute atomic E-state index is 13.2. The van der Waals surface area contributed by atoms with E-state index in [1.54, 1.807) is 52.9 Å². The number of piperidine rings is 1. The van der Waals surface area contributed by atoms with Crippen LogP contribution < -0.4 is 4.72 Å². The number of hydrogen-bond acceptors (Lipinski definition) is 4. The van der Waals surface area contributed by atoms with E-state index in [0.717, 1.165) is 19.3 Å². The van der Waals surface area contributed by atoms with Crippen LogP contribution in [0, 0.1) is 18.3 Å². The minimum Gasteiger partial charge on any atom is -0.341 e. The molecule has 0 bridgehead atoms. The van der Waals surface area contributed by atoms with Gasteiger partial charge in [-0.2, -0.15) is 9.98 Å². The SMILES string of the molecule is Cc1cccc(Br)c1S(=O)(=O)NC(CCn1cccc1C#N)C(=O)N1CCCCC1. The Morgan fingerprint density at radius 2 is 1.97 bits per heavy atom. The molecule has 0 saturated carbocycles. The van der Waals surface area contributed by atoms with Crippen LogP contribution in [0.1, 0.15) is 36.9 Å². The van der Waals surface area contributed by atoms with E-state index in [1.165, 1.54) is 0 Å². The molecule has 1 fully saturated rings. The van der Waals surface area contributed by atoms with Crippen LogP contribution in [0.5, 0.6) is 0 Å². The van der Waals surface area contributed by atoms with E-state index in [1.807, 2.05) is 0 Å². The van der Waals surface area contributed by atoms with Crippen molar-refractivity contribution in [2.45, 2.75) is 50.1 Å². The van der Waals surface area contributed by atoms with Gasteiger partial charge in [0.15, 0.2) is 0 Å². The number of nitriles is 1. The van der Waals surface area contributed by atoms with Crippen molar-refractivity contribution in [2.75, 3.05) is 13.1 Å². The van der Waals surface area contributed by atoms with Crippen LogP contribution in [0.3, 0.4) is 0 Å². The molecule has 0 radical (unpaired) electrons. The van der Waals surface area contributed by atoms with Crippen molar-refractivity contribution in [3.05, 3.63) is 52.3 Å². The molecule has 0 spiro atoms. The third-order valence-corrected chi connectivity index (χ3v) is 7.90. The first-order valence-electron chi connectivity index (χ1n) is 9.95. The number of carbonyl (C=O) groups excluding carboxylic acids is 1. The Bertz CT molecular complexity index is 1030. The minimum absolute atomic E-state index is 0.139. The number of halogens is 1. The standard InChI is InChI=1S/C21H25BrN4O3S/c1-16-7-5-9-18(22)20(16)30(28,29)24-19(21(27)26-11-3-2-4-12-26)10-14-25-13-6-8-17(25)15-23/h5-9,13,19,24H,2-4,10-12,14H2,1H3. The molecule has 9 heteroatoms. The highest BCUT2D eigenvalue weighted by Crippen LogP contribution is 2.26. The first-order valence-corrected chi connectivity index (χ1v) is 12.2. The van der Waals surface area contributed by atoms with Gasteiger partial charge < -0.3 is 9.47 Å². The fourth-order valence-corrected chi connectivity index (χ4v) is 6.38. The number of likely N-dealkylation sites (tertiary alicyclic amines) is 1. The average molecular weight is 493 g/mol. The lowest BCUT2D eigenvalue weighted by Crippen LogP contribution is -2.50. The Morgan fingerprint density at radius 3 is 2.63 bits per heavy atom. The zero-order valence-electron chi connectivity index (χ0n) is 16.8. The number of hydrogen-bond donors (Lipinski definition) is 1. The summed E-state index contributed by atoms with van der Waals surface area (Å²) in [6, 6.07) is 9.80. The molecule has 1 aromatic heterocycles. The number of sulfonamides is 1. The summed E-state index contributed by atoms with van der Waals surface area (Å²) in [6.45, 7) is 3.35. The maximum Gasteiger partial charge on any atom is 0.242 e. The minimum atomic E-state index is -3.93. The van der Waals surface area contributed by atoms with Gasteiger partial charge in [0.25, 0.3) is 0 Å². The third-order valence-electron chi connectivity index (χ3n) is 5.30. The maximum atomic E-state index is 13.2. The van der Waals surface area contributed by atoms with Gasteiger partial charge in [-0.1, -0.05) is 12.1 Å². The van der Waals surface area contributed by atoms with Crippen LogP contribution in [0.15, 0.2) is 45.9 Å². The third kappa shape index (κ3) is 5.12. The summed E-state index contributed by atoms with van der Waals surface area (Å²) in [5, 5.41) is 9.22. The zero-order valence-corrected chi connectivity index (χ0v) is 19.2. The summed E-state index contributed by atoms with van der Waals surface area (Å²) in [6.07, 6.45) is 4.93. The van der Waals surface area contributed by atoms with Crippen molar-refractivity contribution in [1.29, 1.82) is 5.26 Å². The highest BCUT2D eigenvalue weighted by atomic mass is 79.9. The van der Waals surface area contributed by atoms with E-state index in [2.05, 4.69) is 26.7 Å². The topological polar surface area (TPSA) is 95.2 Å². The first-order chi connectivity index (χ1) is 14.3. The van der Waals surface area contributed by atoms with Gasteiger partial charge in [-0.3, -0.25) is 4.79 Å². The van der Waals surface area contributed by atoms with Crippen molar-refractivity contribution in [3.8, 4) is 6.07 Å². The van der Waals surface area contributed by atoms with Gasteiger partial charge in [-0.05, 0) is 72.3 Å². The average Bonchev–Trinajstić information content (AvgIpc) is 3.18. The van der Waals surface area contributed by atoms with Gasteiger partial charge in [-0.15, -0.1) is 0 Å². The van der Waals surface area contributed by atoms with Gasteiger partial charge in [0.05, 0.1) is 4.90 Å². The second-order valence-corrected chi connectivity index (χ2v) is 9.94. The Morgan fingerprint density at radius 1 is 1.23 bits per heavy atom. The fraction of sp³-hybridized carbons (Fsp3) is 0.429. The summed E-state index contributed by atoms with van der Waals surface area (Å²) in [5.41, 5.74) is 1.07. The largest absolute Gasteiger partial charge is 0.341 e. The van der Waals surface area contributed by atoms with Gasteiger partial charge in [0.2, 0.25) is 15.9 Å². The molecule has 1 saturated heterocycles. The second-order valence-electron chi connectivity index (χ2n) is 7.43. The molecule has 2 heterocycles. The lowest BCUT2D eigenvalue weighted by Gasteiger charge is -2.31. The van der Waals surface area contributed by atoms with Crippen molar-refractivity contribution < 1.29 is 13.2 Å². The predicted octanol–water partition coefficient (Wildman–Crippen LogP) is 3.18. The molecule has 1 unspecified atom stereocenters. The molecule has 30 heavy (non-hydrogen) atoms. The number of carbonyl (C=O) groups is 1. The molecule has 1 aliphatic heterocycles. The van der Waals surface area contributed by atoms with Crippen LogP contribution in [-0.4, -0.2) is 42.9 Å². The number of benzene rings is 1. The lowest BCUT2D eigenvalue weighted by molar-refractivity contribution is -0.134. The molecule has 1 aliphatic rings. The van der Waals surface area contributed by atoms with Gasteiger partial charge in [0, 0.05) is 30.3 Å². The van der Waals surface area contributed by atoms with Crippen LogP contribution in [0.4, 0.5) is 0 Å². The molecular formula is C21H25BrN4O3S. The van der Waals surface area contributed by atoms with Crippen molar-refractivity contribution in [1.82, 2.24) is 14.2 Å². The highest BCUT2D eigenvalue weighted by Gasteiger charge is 2.31. The summed E-state index contributed by atoms with van der Waals surface area (Å²) < 4.78 is 31.2. The van der Waals surface area contributed by atoms with Crippen LogP contribution >= 0.6 is 15.9 Å². The molecule has 7 nitrogen and oxygen atoms in total. The molecule has 0 aliphatic carbocycles. The Balaban J connectivity index is 1.86. The first kappa shape index (κ1) is 22.5. The Kier molecular flexibility index (Phi) is 7.34. The lowest BCUT2D eigenvalue weighted by atomic mass is 10.1. The highest BCUT2D eigenvalue weighted by molar-refractivity contribution is 9.10. The van der Waals surface area contributed by atoms with Gasteiger partial charge in [0.1, 0.15) is 17.8 Å². The van der Waals surface area contributed by atoms with E-state index in [-0.39, 0.29) is 17.2 Å². The monoisotopic (exact) mass is 492 g/mol. The predicted molar refractivity (Wildman–Crippen MR) is 117 cm³/mol. The van der Waals surface area contributed by atoms with E-state index in [0.29, 0.717) is 35.4 Å². The number of amides is 1. The molecule has 1 aromatic carbocycles. The van der Waals surface area contributed by atoms with E-state index >= 15 is 0 Å². The Hall–Kier alpha value is -2.15. The smallest absolute Gasteiger partial charge is 0.242 e. The number of aromatic nitrogens is 1. The van der Waals surface area contributed by atoms with Gasteiger partial charge in [-0.25, -0.2) is 8.42 Å². The number of rotatable bonds is 7. The zero-order chi connectivity index (χ0) is 21.7. The van der Waals surface area contributed by atoms with E-state index in [4.69, 9.17) is 0 Å². The second kappa shape index (κ2) is 9.77. The molecule has 2 aromatic rings. The summed E-state index contributed by atoms with van der Waals surface area (Å²) in [7, 11) is -3.93. The van der Waals surface area contributed by atoms with Crippen molar-refractivity contribution in [3.63, 3.8) is 0 Å². The Labute approximate surface area is 185 Å². The molecule has 3 rings (SSSR count). The summed E-state index contributed by atoms with van der Waals surface area (Å²) in [5.74, 6) is -0.214. The molecule has 160 valence electrons. The summed E-state index contributed by atoms with van der Waals surface area (Å²) >= 11 is 3.32. The van der Waals surface area contributed by atoms with Crippen LogP contribution in [0.25, 0.3) is 0 Å². The molecule has 1 amide bonds. The van der Waals surface area contributed by atoms with Crippen LogP contribution in [0.2, 0.25) is 0 Å². The normalized spacial score (nSPS) is 15.6. The van der Waals surface area contributed by atoms with Gasteiger partial charge >= 0.3 is 0 Å². The molecule has 1 atom stereocenters. The molecule has 1 N–H and O–H groups in total. The van der Waals surface area contributed by atoms with Crippen molar-refractivity contribution >= 4 is 31.9 Å². The van der Waals surface area contributed by atoms with E-state index < -0.39 is 16.1 Å². The molecular weight excluding hydrogens is 468 g/mol.